The molecule has 1 aliphatic rings. The van der Waals surface area contributed by atoms with Crippen molar-refractivity contribution in [1.29, 1.82) is 0 Å². The largest absolute Gasteiger partial charge is 0.488 e. The molecule has 0 aromatic heterocycles. The summed E-state index contributed by atoms with van der Waals surface area (Å²) in [6, 6.07) is 22.6. The van der Waals surface area contributed by atoms with E-state index >= 15 is 0 Å². The summed E-state index contributed by atoms with van der Waals surface area (Å²) >= 11 is 0. The van der Waals surface area contributed by atoms with Gasteiger partial charge in [0, 0.05) is 5.92 Å². The number of ether oxygens (including phenoxy) is 2. The average molecular weight is 474 g/mol. The summed E-state index contributed by atoms with van der Waals surface area (Å²) in [5.41, 5.74) is 5.00. The molecule has 0 unspecified atom stereocenters. The first kappa shape index (κ1) is 24.3. The summed E-state index contributed by atoms with van der Waals surface area (Å²) in [6.07, 6.45) is -0.0878. The first-order chi connectivity index (χ1) is 16.7. The number of alkyl carbamates (subject to hydrolysis) is 1. The third-order valence-electron chi connectivity index (χ3n) is 6.02. The Balaban J connectivity index is 1.38. The molecule has 1 atom stereocenters. The Morgan fingerprint density at radius 1 is 0.914 bits per heavy atom. The van der Waals surface area contributed by atoms with Crippen molar-refractivity contribution in [3.63, 3.8) is 0 Å². The average Bonchev–Trinajstić information content (AvgIpc) is 3.14. The Morgan fingerprint density at radius 2 is 1.49 bits per heavy atom. The second-order valence-electron chi connectivity index (χ2n) is 9.72. The van der Waals surface area contributed by atoms with Gasteiger partial charge < -0.3 is 19.9 Å². The van der Waals surface area contributed by atoms with Crippen LogP contribution in [0.5, 0.6) is 5.75 Å². The van der Waals surface area contributed by atoms with Gasteiger partial charge in [-0.1, -0.05) is 66.7 Å². The van der Waals surface area contributed by atoms with Crippen molar-refractivity contribution in [1.82, 2.24) is 5.32 Å². The van der Waals surface area contributed by atoms with E-state index < -0.39 is 18.1 Å². The highest BCUT2D eigenvalue weighted by Crippen LogP contribution is 2.44. The highest BCUT2D eigenvalue weighted by molar-refractivity contribution is 5.81. The molecule has 0 heterocycles. The van der Waals surface area contributed by atoms with E-state index in [2.05, 4.69) is 17.4 Å². The van der Waals surface area contributed by atoms with E-state index in [4.69, 9.17) is 9.47 Å². The molecular weight excluding hydrogens is 442 g/mol. The highest BCUT2D eigenvalue weighted by atomic mass is 16.5. The molecule has 6 heteroatoms. The molecule has 3 aromatic rings. The van der Waals surface area contributed by atoms with E-state index in [0.717, 1.165) is 27.8 Å². The fourth-order valence-electron chi connectivity index (χ4n) is 4.48. The van der Waals surface area contributed by atoms with E-state index in [-0.39, 0.29) is 24.5 Å². The molecule has 0 saturated heterocycles. The van der Waals surface area contributed by atoms with Gasteiger partial charge in [0.25, 0.3) is 0 Å². The second-order valence-corrected chi connectivity index (χ2v) is 9.72. The van der Waals surface area contributed by atoms with Crippen molar-refractivity contribution in [3.05, 3.63) is 89.5 Å². The zero-order chi connectivity index (χ0) is 25.0. The van der Waals surface area contributed by atoms with Gasteiger partial charge in [0.1, 0.15) is 24.0 Å². The van der Waals surface area contributed by atoms with Gasteiger partial charge in [0.2, 0.25) is 0 Å². The van der Waals surface area contributed by atoms with Gasteiger partial charge in [-0.15, -0.1) is 0 Å². The van der Waals surface area contributed by atoms with Crippen LogP contribution in [0.2, 0.25) is 0 Å². The molecule has 0 bridgehead atoms. The van der Waals surface area contributed by atoms with Gasteiger partial charge in [0.15, 0.2) is 0 Å². The molecule has 0 spiro atoms. The Kier molecular flexibility index (Phi) is 7.10. The van der Waals surface area contributed by atoms with E-state index in [1.165, 1.54) is 0 Å². The quantitative estimate of drug-likeness (QED) is 0.433. The standard InChI is InChI=1S/C29H31NO5/c1-29(2,3)35-26-15-9-4-10-19(26)16-17-25(27(31)32)30-28(33)34-18-24-22-13-7-5-11-20(22)21-12-6-8-14-23(21)24/h4-15,24-25H,16-18H2,1-3H3,(H,30,33)(H,31,32)/t25-/m0/s1. The number of para-hydroxylation sites is 1. The number of carboxylic acid groups (broad SMARTS) is 1. The van der Waals surface area contributed by atoms with Crippen LogP contribution in [0.15, 0.2) is 72.8 Å². The van der Waals surface area contributed by atoms with E-state index in [1.54, 1.807) is 0 Å². The van der Waals surface area contributed by atoms with Gasteiger partial charge >= 0.3 is 12.1 Å². The molecular formula is C29H31NO5. The minimum Gasteiger partial charge on any atom is -0.488 e. The van der Waals surface area contributed by atoms with Crippen LogP contribution in [0.3, 0.4) is 0 Å². The first-order valence-corrected chi connectivity index (χ1v) is 11.8. The summed E-state index contributed by atoms with van der Waals surface area (Å²) in [5, 5.41) is 12.2. The SMILES string of the molecule is CC(C)(C)Oc1ccccc1CC[C@H](NC(=O)OCC1c2ccccc2-c2ccccc21)C(=O)O. The monoisotopic (exact) mass is 473 g/mol. The van der Waals surface area contributed by atoms with E-state index in [0.29, 0.717) is 12.2 Å². The molecule has 0 radical (unpaired) electrons. The van der Waals surface area contributed by atoms with Gasteiger partial charge in [-0.05, 0) is 67.5 Å². The lowest BCUT2D eigenvalue weighted by molar-refractivity contribution is -0.139. The molecule has 2 N–H and O–H groups in total. The van der Waals surface area contributed by atoms with Crippen molar-refractivity contribution in [3.8, 4) is 16.9 Å². The predicted molar refractivity (Wildman–Crippen MR) is 135 cm³/mol. The molecule has 6 nitrogen and oxygen atoms in total. The van der Waals surface area contributed by atoms with Gasteiger partial charge in [-0.3, -0.25) is 0 Å². The van der Waals surface area contributed by atoms with E-state index in [1.807, 2.05) is 81.4 Å². The third-order valence-corrected chi connectivity index (χ3v) is 6.02. The van der Waals surface area contributed by atoms with Crippen LogP contribution in [0, 0.1) is 0 Å². The summed E-state index contributed by atoms with van der Waals surface area (Å²) in [4.78, 5) is 24.4. The lowest BCUT2D eigenvalue weighted by Gasteiger charge is -2.23. The number of carboxylic acids is 1. The van der Waals surface area contributed by atoms with Crippen LogP contribution < -0.4 is 10.1 Å². The molecule has 1 aliphatic carbocycles. The number of aryl methyl sites for hydroxylation is 1. The predicted octanol–water partition coefficient (Wildman–Crippen LogP) is 5.79. The van der Waals surface area contributed by atoms with Crippen LogP contribution in [-0.2, 0) is 16.0 Å². The van der Waals surface area contributed by atoms with Gasteiger partial charge in [-0.25, -0.2) is 9.59 Å². The van der Waals surface area contributed by atoms with Crippen molar-refractivity contribution < 1.29 is 24.2 Å². The number of carbonyl (C=O) groups excluding carboxylic acids is 1. The number of amides is 1. The molecule has 182 valence electrons. The lowest BCUT2D eigenvalue weighted by atomic mass is 9.98. The van der Waals surface area contributed by atoms with Crippen LogP contribution in [0.4, 0.5) is 4.79 Å². The maximum absolute atomic E-state index is 12.6. The summed E-state index contributed by atoms with van der Waals surface area (Å²) in [6.45, 7) is 6.02. The number of nitrogens with one attached hydrogen (secondary N) is 1. The van der Waals surface area contributed by atoms with Crippen LogP contribution in [0.25, 0.3) is 11.1 Å². The fourth-order valence-corrected chi connectivity index (χ4v) is 4.48. The normalized spacial score (nSPS) is 13.5. The van der Waals surface area contributed by atoms with Crippen LogP contribution in [-0.4, -0.2) is 35.4 Å². The molecule has 35 heavy (non-hydrogen) atoms. The summed E-state index contributed by atoms with van der Waals surface area (Å²) < 4.78 is 11.5. The van der Waals surface area contributed by atoms with Crippen molar-refractivity contribution in [2.75, 3.05) is 6.61 Å². The number of hydrogen-bond acceptors (Lipinski definition) is 4. The second kappa shape index (κ2) is 10.2. The highest BCUT2D eigenvalue weighted by Gasteiger charge is 2.30. The Hall–Kier alpha value is -3.80. The zero-order valence-corrected chi connectivity index (χ0v) is 20.3. The summed E-state index contributed by atoms with van der Waals surface area (Å²) in [5.74, 6) is -0.476. The fraction of sp³-hybridized carbons (Fsp3) is 0.310. The number of fused-ring (bicyclic) bond motifs is 3. The molecule has 4 rings (SSSR count). The number of hydrogen-bond donors (Lipinski definition) is 2. The number of rotatable bonds is 8. The zero-order valence-electron chi connectivity index (χ0n) is 20.3. The number of carbonyl (C=O) groups is 2. The van der Waals surface area contributed by atoms with Crippen molar-refractivity contribution in [2.24, 2.45) is 0 Å². The molecule has 3 aromatic carbocycles. The maximum atomic E-state index is 12.6. The van der Waals surface area contributed by atoms with Crippen LogP contribution >= 0.6 is 0 Å². The number of benzene rings is 3. The van der Waals surface area contributed by atoms with Gasteiger partial charge in [0.05, 0.1) is 0 Å². The minimum atomic E-state index is -1.10. The molecule has 1 amide bonds. The molecule has 0 fully saturated rings. The topological polar surface area (TPSA) is 84.9 Å². The summed E-state index contributed by atoms with van der Waals surface area (Å²) in [7, 11) is 0. The third kappa shape index (κ3) is 5.83. The van der Waals surface area contributed by atoms with Crippen molar-refractivity contribution >= 4 is 12.1 Å². The molecule has 0 aliphatic heterocycles. The Labute approximate surface area is 205 Å². The van der Waals surface area contributed by atoms with Gasteiger partial charge in [-0.2, -0.15) is 0 Å². The maximum Gasteiger partial charge on any atom is 0.407 e. The first-order valence-electron chi connectivity index (χ1n) is 11.8. The smallest absolute Gasteiger partial charge is 0.407 e. The minimum absolute atomic E-state index is 0.0853. The molecule has 0 saturated carbocycles. The Morgan fingerprint density at radius 3 is 2.09 bits per heavy atom. The number of aliphatic carboxylic acids is 1. The van der Waals surface area contributed by atoms with E-state index in [9.17, 15) is 14.7 Å². The van der Waals surface area contributed by atoms with Crippen molar-refractivity contribution in [2.45, 2.75) is 51.2 Å². The van der Waals surface area contributed by atoms with Crippen LogP contribution in [0.1, 0.15) is 49.8 Å². The Bertz CT molecular complexity index is 1170. The lowest BCUT2D eigenvalue weighted by Crippen LogP contribution is -2.41.